The van der Waals surface area contributed by atoms with Gasteiger partial charge in [0.25, 0.3) is 0 Å². The first-order chi connectivity index (χ1) is 16.2. The van der Waals surface area contributed by atoms with Crippen molar-refractivity contribution in [2.24, 2.45) is 0 Å². The van der Waals surface area contributed by atoms with Crippen LogP contribution in [0.2, 0.25) is 0 Å². The summed E-state index contributed by atoms with van der Waals surface area (Å²) in [6.07, 6.45) is 2.45. The van der Waals surface area contributed by atoms with Gasteiger partial charge in [-0.05, 0) is 87.0 Å². The van der Waals surface area contributed by atoms with E-state index >= 15 is 0 Å². The number of pyridine rings is 1. The van der Waals surface area contributed by atoms with Gasteiger partial charge >= 0.3 is 0 Å². The van der Waals surface area contributed by atoms with Gasteiger partial charge in [0.05, 0.1) is 17.0 Å². The van der Waals surface area contributed by atoms with Crippen molar-refractivity contribution in [3.8, 4) is 17.0 Å². The Hall–Kier alpha value is -2.17. The molecule has 2 aromatic heterocycles. The Morgan fingerprint density at radius 3 is 2.71 bits per heavy atom. The van der Waals surface area contributed by atoms with Crippen molar-refractivity contribution < 1.29 is 14.2 Å². The van der Waals surface area contributed by atoms with E-state index in [4.69, 9.17) is 0 Å². The maximum Gasteiger partial charge on any atom is 0.147 e. The summed E-state index contributed by atoms with van der Waals surface area (Å²) >= 11 is 1.40. The Labute approximate surface area is 206 Å². The normalized spacial score (nSPS) is 25.7. The van der Waals surface area contributed by atoms with E-state index in [1.54, 1.807) is 6.07 Å². The van der Waals surface area contributed by atoms with Crippen molar-refractivity contribution in [3.05, 3.63) is 58.6 Å². The van der Waals surface area contributed by atoms with Crippen LogP contribution in [-0.2, 0) is 6.54 Å². The molecule has 7 nitrogen and oxygen atoms in total. The topological polar surface area (TPSA) is 93.0 Å². The van der Waals surface area contributed by atoms with E-state index in [0.29, 0.717) is 11.6 Å². The second kappa shape index (κ2) is 8.80. The molecule has 2 saturated heterocycles. The quantitative estimate of drug-likeness (QED) is 0.415. The molecule has 5 rings (SSSR count). The Balaban J connectivity index is 1.37. The number of aryl methyl sites for hydroxylation is 2. The van der Waals surface area contributed by atoms with Gasteiger partial charge < -0.3 is 5.11 Å². The zero-order valence-corrected chi connectivity index (χ0v) is 21.4. The second-order valence-electron chi connectivity index (χ2n) is 9.71. The van der Waals surface area contributed by atoms with Crippen LogP contribution in [0.1, 0.15) is 43.0 Å². The summed E-state index contributed by atoms with van der Waals surface area (Å²) in [5.41, 5.74) is 4.39. The highest BCUT2D eigenvalue weighted by atomic mass is 32.3. The first-order valence-corrected chi connectivity index (χ1v) is 14.2. The molecule has 4 heterocycles. The molecule has 0 aliphatic carbocycles. The summed E-state index contributed by atoms with van der Waals surface area (Å²) in [5, 5.41) is 12.4. The highest BCUT2D eigenvalue weighted by Crippen LogP contribution is 2.60. The largest absolute Gasteiger partial charge is 0.507 e. The smallest absolute Gasteiger partial charge is 0.147 e. The Morgan fingerprint density at radius 1 is 1.18 bits per heavy atom. The van der Waals surface area contributed by atoms with Crippen molar-refractivity contribution >= 4 is 28.1 Å². The molecule has 0 radical (unpaired) electrons. The maximum absolute atomic E-state index is 11.0. The van der Waals surface area contributed by atoms with E-state index in [0.717, 1.165) is 60.4 Å². The zero-order valence-electron chi connectivity index (χ0n) is 19.8. The zero-order chi connectivity index (χ0) is 24.1. The third kappa shape index (κ3) is 4.20. The molecule has 2 aliphatic heterocycles. The van der Waals surface area contributed by atoms with Crippen LogP contribution >= 0.6 is 22.3 Å². The molecule has 3 aromatic rings. The van der Waals surface area contributed by atoms with E-state index in [1.807, 2.05) is 53.9 Å². The number of benzene rings is 1. The van der Waals surface area contributed by atoms with Gasteiger partial charge in [0, 0.05) is 35.8 Å². The molecule has 2 atom stereocenters. The van der Waals surface area contributed by atoms with Gasteiger partial charge in [-0.1, -0.05) is 12.1 Å². The lowest BCUT2D eigenvalue weighted by molar-refractivity contribution is 0.102. The molecule has 0 bridgehead atoms. The highest BCUT2D eigenvalue weighted by Gasteiger charge is 2.53. The average molecular weight is 501 g/mol. The van der Waals surface area contributed by atoms with Gasteiger partial charge in [-0.15, -0.1) is 10.8 Å². The summed E-state index contributed by atoms with van der Waals surface area (Å²) in [6.45, 7) is 7.79. The Kier molecular flexibility index (Phi) is 6.10. The van der Waals surface area contributed by atoms with E-state index < -0.39 is 10.8 Å². The summed E-state index contributed by atoms with van der Waals surface area (Å²) in [7, 11) is -2.89. The van der Waals surface area contributed by atoms with Gasteiger partial charge in [0.15, 0.2) is 0 Å². The SMILES string of the molecule is Cc1cccc(N2[C@@]3(CCN(Cc4ccc(O)c(-c5nscc5C)c4)[C@@H](C)C3)CCS2(O)O)n1. The molecule has 0 saturated carbocycles. The van der Waals surface area contributed by atoms with E-state index in [1.165, 1.54) is 11.5 Å². The minimum Gasteiger partial charge on any atom is -0.507 e. The third-order valence-corrected chi connectivity index (χ3v) is 9.92. The second-order valence-corrected chi connectivity index (χ2v) is 12.4. The molecular formula is C25H32N4O3S2. The summed E-state index contributed by atoms with van der Waals surface area (Å²) in [4.78, 5) is 7.09. The maximum atomic E-state index is 11.0. The van der Waals surface area contributed by atoms with Crippen LogP contribution in [0, 0.1) is 13.8 Å². The fourth-order valence-corrected chi connectivity index (χ4v) is 8.30. The lowest BCUT2D eigenvalue weighted by Gasteiger charge is -2.51. The first-order valence-electron chi connectivity index (χ1n) is 11.7. The number of piperidine rings is 1. The number of aromatic hydroxyl groups is 1. The summed E-state index contributed by atoms with van der Waals surface area (Å²) in [6, 6.07) is 11.8. The number of likely N-dealkylation sites (tertiary alicyclic amines) is 1. The van der Waals surface area contributed by atoms with Gasteiger partial charge in [-0.3, -0.25) is 14.0 Å². The number of hydrogen-bond acceptors (Lipinski definition) is 8. The molecule has 9 heteroatoms. The lowest BCUT2D eigenvalue weighted by Crippen LogP contribution is -2.55. The van der Waals surface area contributed by atoms with E-state index in [9.17, 15) is 14.2 Å². The van der Waals surface area contributed by atoms with Crippen LogP contribution in [0.5, 0.6) is 5.75 Å². The van der Waals surface area contributed by atoms with E-state index in [-0.39, 0.29) is 17.3 Å². The van der Waals surface area contributed by atoms with Crippen LogP contribution < -0.4 is 4.31 Å². The number of phenols is 1. The predicted octanol–water partition coefficient (Wildman–Crippen LogP) is 5.83. The van der Waals surface area contributed by atoms with Gasteiger partial charge in [-0.2, -0.15) is 4.37 Å². The van der Waals surface area contributed by atoms with Crippen LogP contribution in [0.3, 0.4) is 0 Å². The molecule has 34 heavy (non-hydrogen) atoms. The molecule has 1 spiro atoms. The number of aromatic nitrogens is 2. The lowest BCUT2D eigenvalue weighted by atomic mass is 9.81. The molecule has 3 N–H and O–H groups in total. The van der Waals surface area contributed by atoms with E-state index in [2.05, 4.69) is 21.2 Å². The molecule has 0 amide bonds. The van der Waals surface area contributed by atoms with Crippen molar-refractivity contribution in [2.45, 2.75) is 58.2 Å². The fourth-order valence-electron chi connectivity index (χ4n) is 5.52. The summed E-state index contributed by atoms with van der Waals surface area (Å²) in [5.74, 6) is 1.31. The Morgan fingerprint density at radius 2 is 2.00 bits per heavy atom. The van der Waals surface area contributed by atoms with Crippen molar-refractivity contribution in [1.82, 2.24) is 14.3 Å². The molecule has 1 aromatic carbocycles. The molecular weight excluding hydrogens is 468 g/mol. The monoisotopic (exact) mass is 500 g/mol. The number of hydrogen-bond donors (Lipinski definition) is 3. The fraction of sp³-hybridized carbons (Fsp3) is 0.440. The number of nitrogens with zero attached hydrogens (tertiary/aromatic N) is 4. The van der Waals surface area contributed by atoms with Crippen molar-refractivity contribution in [2.75, 3.05) is 16.6 Å². The van der Waals surface area contributed by atoms with Crippen LogP contribution in [-0.4, -0.2) is 52.3 Å². The number of anilines is 1. The molecule has 2 aliphatic rings. The number of phenolic OH excluding ortho intramolecular Hbond substituents is 1. The van der Waals surface area contributed by atoms with Gasteiger partial charge in [-0.25, -0.2) is 9.29 Å². The minimum atomic E-state index is -2.89. The molecule has 0 unspecified atom stereocenters. The predicted molar refractivity (Wildman–Crippen MR) is 140 cm³/mol. The average Bonchev–Trinajstić information content (AvgIpc) is 3.31. The van der Waals surface area contributed by atoms with Crippen molar-refractivity contribution in [1.29, 1.82) is 0 Å². The standard InChI is InChI=1S/C25H32N4O3S2/c1-17-16-33-27-24(17)21-13-20(7-8-22(21)30)15-28-11-9-25(14-19(28)3)10-12-34(31,32)29(25)23-6-4-5-18(2)26-23/h4-8,13,16,19,30-32H,9-12,14-15H2,1-3H3/t19-,25-/m0/s1. The Bertz CT molecular complexity index is 1200. The minimum absolute atomic E-state index is 0.251. The van der Waals surface area contributed by atoms with Crippen LogP contribution in [0.25, 0.3) is 11.3 Å². The first kappa shape index (κ1) is 23.6. The third-order valence-electron chi connectivity index (χ3n) is 7.26. The number of rotatable bonds is 4. The van der Waals surface area contributed by atoms with Gasteiger partial charge in [0.2, 0.25) is 0 Å². The van der Waals surface area contributed by atoms with Crippen molar-refractivity contribution in [3.63, 3.8) is 0 Å². The van der Waals surface area contributed by atoms with Crippen LogP contribution in [0.4, 0.5) is 5.82 Å². The molecule has 182 valence electrons. The summed E-state index contributed by atoms with van der Waals surface area (Å²) < 4.78 is 28.2. The molecule has 2 fully saturated rings. The highest BCUT2D eigenvalue weighted by molar-refractivity contribution is 8.25. The van der Waals surface area contributed by atoms with Crippen LogP contribution in [0.15, 0.2) is 41.8 Å². The van der Waals surface area contributed by atoms with Gasteiger partial charge in [0.1, 0.15) is 11.6 Å².